The van der Waals surface area contributed by atoms with Crippen molar-refractivity contribution in [3.05, 3.63) is 0 Å². The van der Waals surface area contributed by atoms with Crippen molar-refractivity contribution < 1.29 is 14.7 Å². The van der Waals surface area contributed by atoms with Crippen LogP contribution in [0.4, 0.5) is 0 Å². The van der Waals surface area contributed by atoms with Crippen LogP contribution in [0.2, 0.25) is 0 Å². The highest BCUT2D eigenvalue weighted by molar-refractivity contribution is 5.89. The molecule has 16 heavy (non-hydrogen) atoms. The summed E-state index contributed by atoms with van der Waals surface area (Å²) in [6.07, 6.45) is 5.13. The second-order valence-corrected chi connectivity index (χ2v) is 5.16. The molecule has 90 valence electrons. The Hall–Kier alpha value is -1.06. The van der Waals surface area contributed by atoms with E-state index in [2.05, 4.69) is 12.2 Å². The van der Waals surface area contributed by atoms with Gasteiger partial charge in [0.25, 0.3) is 0 Å². The molecule has 2 fully saturated rings. The number of hydrogen-bond acceptors (Lipinski definition) is 2. The number of aliphatic carboxylic acids is 1. The third-order valence-corrected chi connectivity index (χ3v) is 3.88. The van der Waals surface area contributed by atoms with E-state index in [-0.39, 0.29) is 17.9 Å². The second kappa shape index (κ2) is 4.44. The van der Waals surface area contributed by atoms with E-state index in [4.69, 9.17) is 5.11 Å². The average molecular weight is 225 g/mol. The van der Waals surface area contributed by atoms with Gasteiger partial charge in [0.05, 0.1) is 11.8 Å². The molecule has 2 N–H and O–H groups in total. The minimum absolute atomic E-state index is 0.0499. The van der Waals surface area contributed by atoms with Gasteiger partial charge in [0.2, 0.25) is 5.91 Å². The molecule has 0 aliphatic heterocycles. The van der Waals surface area contributed by atoms with Crippen LogP contribution in [0.5, 0.6) is 0 Å². The number of rotatable bonds is 3. The Morgan fingerprint density at radius 3 is 2.44 bits per heavy atom. The summed E-state index contributed by atoms with van der Waals surface area (Å²) >= 11 is 0. The highest BCUT2D eigenvalue weighted by atomic mass is 16.4. The van der Waals surface area contributed by atoms with Gasteiger partial charge in [-0.25, -0.2) is 0 Å². The SMILES string of the molecule is C[C@@H]1CCCC[C@H]1NC(=O)[C@@H]1C[C@H]1C(=O)O. The summed E-state index contributed by atoms with van der Waals surface area (Å²) in [4.78, 5) is 22.4. The number of carbonyl (C=O) groups is 2. The second-order valence-electron chi connectivity index (χ2n) is 5.16. The van der Waals surface area contributed by atoms with Gasteiger partial charge in [-0.2, -0.15) is 0 Å². The van der Waals surface area contributed by atoms with Gasteiger partial charge in [-0.1, -0.05) is 19.8 Å². The summed E-state index contributed by atoms with van der Waals surface area (Å²) in [6, 6.07) is 0.260. The summed E-state index contributed by atoms with van der Waals surface area (Å²) in [5.74, 6) is -1.06. The molecule has 0 unspecified atom stereocenters. The highest BCUT2D eigenvalue weighted by Gasteiger charge is 2.48. The first-order valence-corrected chi connectivity index (χ1v) is 6.12. The fourth-order valence-corrected chi connectivity index (χ4v) is 2.58. The van der Waals surface area contributed by atoms with E-state index in [1.54, 1.807) is 0 Å². The quantitative estimate of drug-likeness (QED) is 0.763. The Bertz CT molecular complexity index is 303. The van der Waals surface area contributed by atoms with Gasteiger partial charge in [0, 0.05) is 6.04 Å². The molecule has 2 aliphatic rings. The fourth-order valence-electron chi connectivity index (χ4n) is 2.58. The predicted octanol–water partition coefficient (Wildman–Crippen LogP) is 1.40. The predicted molar refractivity (Wildman–Crippen MR) is 58.8 cm³/mol. The molecule has 0 bridgehead atoms. The van der Waals surface area contributed by atoms with Crippen molar-refractivity contribution in [2.24, 2.45) is 17.8 Å². The molecule has 1 amide bonds. The van der Waals surface area contributed by atoms with Crippen LogP contribution in [-0.2, 0) is 9.59 Å². The van der Waals surface area contributed by atoms with E-state index in [0.29, 0.717) is 12.3 Å². The zero-order valence-corrected chi connectivity index (χ0v) is 9.61. The molecule has 0 spiro atoms. The first kappa shape index (κ1) is 11.4. The molecule has 0 radical (unpaired) electrons. The van der Waals surface area contributed by atoms with Crippen molar-refractivity contribution >= 4 is 11.9 Å². The van der Waals surface area contributed by atoms with Gasteiger partial charge in [-0.05, 0) is 25.2 Å². The molecule has 0 aromatic rings. The van der Waals surface area contributed by atoms with Crippen LogP contribution in [-0.4, -0.2) is 23.0 Å². The number of hydrogen-bond donors (Lipinski definition) is 2. The third-order valence-electron chi connectivity index (χ3n) is 3.88. The molecule has 2 saturated carbocycles. The maximum absolute atomic E-state index is 11.8. The Labute approximate surface area is 95.4 Å². The largest absolute Gasteiger partial charge is 0.481 e. The zero-order valence-electron chi connectivity index (χ0n) is 9.61. The Morgan fingerprint density at radius 2 is 1.88 bits per heavy atom. The highest BCUT2D eigenvalue weighted by Crippen LogP contribution is 2.39. The van der Waals surface area contributed by atoms with Gasteiger partial charge < -0.3 is 10.4 Å². The lowest BCUT2D eigenvalue weighted by molar-refractivity contribution is -0.140. The van der Waals surface area contributed by atoms with Gasteiger partial charge in [-0.15, -0.1) is 0 Å². The van der Waals surface area contributed by atoms with E-state index in [1.807, 2.05) is 0 Å². The molecule has 2 aliphatic carbocycles. The Morgan fingerprint density at radius 1 is 1.19 bits per heavy atom. The molecule has 4 heteroatoms. The van der Waals surface area contributed by atoms with Crippen LogP contribution in [0, 0.1) is 17.8 Å². The van der Waals surface area contributed by atoms with Gasteiger partial charge in [-0.3, -0.25) is 9.59 Å². The van der Waals surface area contributed by atoms with Crippen LogP contribution in [0.15, 0.2) is 0 Å². The smallest absolute Gasteiger partial charge is 0.307 e. The summed E-state index contributed by atoms with van der Waals surface area (Å²) in [7, 11) is 0. The molecular formula is C12H19NO3. The van der Waals surface area contributed by atoms with Gasteiger partial charge in [0.1, 0.15) is 0 Å². The summed E-state index contributed by atoms with van der Waals surface area (Å²) in [5, 5.41) is 11.8. The van der Waals surface area contributed by atoms with E-state index in [9.17, 15) is 9.59 Å². The van der Waals surface area contributed by atoms with E-state index < -0.39 is 11.9 Å². The molecule has 4 atom stereocenters. The number of amides is 1. The molecule has 0 aromatic carbocycles. The lowest BCUT2D eigenvalue weighted by Crippen LogP contribution is -2.42. The first-order valence-electron chi connectivity index (χ1n) is 6.12. The van der Waals surface area contributed by atoms with Crippen molar-refractivity contribution in [2.45, 2.75) is 45.1 Å². The molecule has 0 aromatic heterocycles. The van der Waals surface area contributed by atoms with Crippen LogP contribution >= 0.6 is 0 Å². The minimum atomic E-state index is -0.836. The van der Waals surface area contributed by atoms with E-state index >= 15 is 0 Å². The van der Waals surface area contributed by atoms with E-state index in [1.165, 1.54) is 12.8 Å². The topological polar surface area (TPSA) is 66.4 Å². The lowest BCUT2D eigenvalue weighted by Gasteiger charge is -2.29. The zero-order chi connectivity index (χ0) is 11.7. The first-order chi connectivity index (χ1) is 7.59. The van der Waals surface area contributed by atoms with Crippen molar-refractivity contribution in [1.29, 1.82) is 0 Å². The molecular weight excluding hydrogens is 206 g/mol. The van der Waals surface area contributed by atoms with Crippen LogP contribution in [0.3, 0.4) is 0 Å². The maximum atomic E-state index is 11.8. The third kappa shape index (κ3) is 2.36. The van der Waals surface area contributed by atoms with E-state index in [0.717, 1.165) is 12.8 Å². The number of carboxylic acids is 1. The standard InChI is InChI=1S/C12H19NO3/c1-7-4-2-3-5-10(7)13-11(14)8-6-9(8)12(15)16/h7-10H,2-6H2,1H3,(H,13,14)(H,15,16)/t7-,8-,9-,10-/m1/s1. The van der Waals surface area contributed by atoms with Crippen molar-refractivity contribution in [2.75, 3.05) is 0 Å². The lowest BCUT2D eigenvalue weighted by atomic mass is 9.86. The summed E-state index contributed by atoms with van der Waals surface area (Å²) < 4.78 is 0. The number of carbonyl (C=O) groups excluding carboxylic acids is 1. The normalized spacial score (nSPS) is 37.8. The maximum Gasteiger partial charge on any atom is 0.307 e. The fraction of sp³-hybridized carbons (Fsp3) is 0.833. The van der Waals surface area contributed by atoms with Crippen LogP contribution < -0.4 is 5.32 Å². The number of carboxylic acid groups (broad SMARTS) is 1. The van der Waals surface area contributed by atoms with Crippen LogP contribution in [0.1, 0.15) is 39.0 Å². The monoisotopic (exact) mass is 225 g/mol. The Balaban J connectivity index is 1.81. The van der Waals surface area contributed by atoms with Crippen LogP contribution in [0.25, 0.3) is 0 Å². The molecule has 2 rings (SSSR count). The molecule has 4 nitrogen and oxygen atoms in total. The molecule has 0 heterocycles. The molecule has 0 saturated heterocycles. The van der Waals surface area contributed by atoms with Crippen molar-refractivity contribution in [3.8, 4) is 0 Å². The van der Waals surface area contributed by atoms with Crippen molar-refractivity contribution in [1.82, 2.24) is 5.32 Å². The van der Waals surface area contributed by atoms with Gasteiger partial charge >= 0.3 is 5.97 Å². The van der Waals surface area contributed by atoms with Crippen molar-refractivity contribution in [3.63, 3.8) is 0 Å². The minimum Gasteiger partial charge on any atom is -0.481 e. The Kier molecular flexibility index (Phi) is 3.17. The average Bonchev–Trinajstić information content (AvgIpc) is 3.01. The van der Waals surface area contributed by atoms with Gasteiger partial charge in [0.15, 0.2) is 0 Å². The number of nitrogens with one attached hydrogen (secondary N) is 1. The summed E-state index contributed by atoms with van der Waals surface area (Å²) in [5.41, 5.74) is 0. The summed E-state index contributed by atoms with van der Waals surface area (Å²) in [6.45, 7) is 2.16.